The van der Waals surface area contributed by atoms with E-state index in [9.17, 15) is 14.9 Å². The first-order valence-electron chi connectivity index (χ1n) is 10.7. The van der Waals surface area contributed by atoms with Crippen molar-refractivity contribution in [3.05, 3.63) is 100 Å². The second-order valence-corrected chi connectivity index (χ2v) is 8.06. The zero-order valence-corrected chi connectivity index (χ0v) is 19.3. The number of amides is 1. The van der Waals surface area contributed by atoms with E-state index in [-0.39, 0.29) is 16.6 Å². The fraction of sp³-hybridized carbons (Fsp3) is 0.0400. The lowest BCUT2D eigenvalue weighted by Crippen LogP contribution is -2.38. The molecule has 11 heteroatoms. The summed E-state index contributed by atoms with van der Waals surface area (Å²) in [4.78, 5) is 31.5. The Morgan fingerprint density at radius 1 is 1.00 bits per heavy atom. The van der Waals surface area contributed by atoms with Crippen molar-refractivity contribution in [2.24, 2.45) is 0 Å². The Bertz CT molecular complexity index is 1560. The molecule has 0 radical (unpaired) electrons. The average molecular weight is 500 g/mol. The van der Waals surface area contributed by atoms with Gasteiger partial charge in [-0.15, -0.1) is 0 Å². The second-order valence-electron chi connectivity index (χ2n) is 7.65. The Labute approximate surface area is 209 Å². The number of aromatic nitrogens is 2. The molecule has 36 heavy (non-hydrogen) atoms. The van der Waals surface area contributed by atoms with Gasteiger partial charge in [-0.3, -0.25) is 20.2 Å². The first-order valence-corrected chi connectivity index (χ1v) is 11.1. The number of non-ortho nitro benzene ring substituents is 1. The molecule has 0 unspecified atom stereocenters. The minimum absolute atomic E-state index is 0.0258. The van der Waals surface area contributed by atoms with E-state index in [1.54, 1.807) is 30.5 Å². The molecule has 1 amide bonds. The molecule has 5 rings (SSSR count). The molecule has 2 aromatic carbocycles. The molecule has 0 bridgehead atoms. The number of nitrogens with one attached hydrogen (secondary N) is 2. The molecular weight excluding hydrogens is 482 g/mol. The highest BCUT2D eigenvalue weighted by molar-refractivity contribution is 7.80. The Kier molecular flexibility index (Phi) is 6.20. The van der Waals surface area contributed by atoms with E-state index in [1.807, 2.05) is 30.3 Å². The van der Waals surface area contributed by atoms with Crippen molar-refractivity contribution in [1.29, 1.82) is 0 Å². The number of nitrogens with zero attached hydrogens (tertiary/aromatic N) is 3. The van der Waals surface area contributed by atoms with Gasteiger partial charge in [-0.2, -0.15) is 4.98 Å². The third-order valence-electron chi connectivity index (χ3n) is 5.22. The van der Waals surface area contributed by atoms with Gasteiger partial charge >= 0.3 is 0 Å². The average Bonchev–Trinajstić information content (AvgIpc) is 3.56. The molecule has 0 saturated carbocycles. The number of nitro groups is 1. The van der Waals surface area contributed by atoms with E-state index >= 15 is 0 Å². The zero-order chi connectivity index (χ0) is 25.1. The maximum absolute atomic E-state index is 12.5. The summed E-state index contributed by atoms with van der Waals surface area (Å²) in [5.74, 6) is 0.299. The third-order valence-corrected chi connectivity index (χ3v) is 5.46. The molecule has 0 fully saturated rings. The van der Waals surface area contributed by atoms with Crippen LogP contribution in [0.2, 0.25) is 0 Å². The van der Waals surface area contributed by atoms with Crippen LogP contribution in [-0.4, -0.2) is 25.9 Å². The lowest BCUT2D eigenvalue weighted by molar-refractivity contribution is -0.384. The first-order chi connectivity index (χ1) is 17.5. The number of nitro benzene ring substituents is 1. The maximum Gasteiger partial charge on any atom is 0.293 e. The van der Waals surface area contributed by atoms with Crippen LogP contribution in [0.15, 0.2) is 87.8 Å². The van der Waals surface area contributed by atoms with Crippen LogP contribution in [0, 0.1) is 10.1 Å². The van der Waals surface area contributed by atoms with Crippen LogP contribution >= 0.6 is 12.2 Å². The molecule has 10 nitrogen and oxygen atoms in total. The summed E-state index contributed by atoms with van der Waals surface area (Å²) >= 11 is 5.22. The predicted molar refractivity (Wildman–Crippen MR) is 135 cm³/mol. The van der Waals surface area contributed by atoms with Gasteiger partial charge < -0.3 is 14.2 Å². The number of hydrogen-bond acceptors (Lipinski definition) is 8. The molecular formula is C25H17N5O5S. The molecule has 178 valence electrons. The summed E-state index contributed by atoms with van der Waals surface area (Å²) in [7, 11) is 0. The van der Waals surface area contributed by atoms with Gasteiger partial charge in [0, 0.05) is 36.0 Å². The van der Waals surface area contributed by atoms with Crippen LogP contribution in [0.1, 0.15) is 16.1 Å². The largest absolute Gasteiger partial charge is 0.451 e. The zero-order valence-electron chi connectivity index (χ0n) is 18.5. The van der Waals surface area contributed by atoms with Gasteiger partial charge in [-0.25, -0.2) is 4.98 Å². The number of pyridine rings is 1. The van der Waals surface area contributed by atoms with Crippen LogP contribution in [0.5, 0.6) is 0 Å². The number of carbonyl (C=O) groups excluding carboxylic acids is 1. The number of hydrogen-bond donors (Lipinski definition) is 2. The van der Waals surface area contributed by atoms with Crippen molar-refractivity contribution in [1.82, 2.24) is 20.6 Å². The van der Waals surface area contributed by atoms with Gasteiger partial charge in [0.05, 0.1) is 4.92 Å². The van der Waals surface area contributed by atoms with Crippen LogP contribution in [-0.2, 0) is 6.54 Å². The van der Waals surface area contributed by atoms with Gasteiger partial charge in [0.25, 0.3) is 11.6 Å². The molecule has 0 aliphatic rings. The molecule has 0 atom stereocenters. The molecule has 5 aromatic rings. The summed E-state index contributed by atoms with van der Waals surface area (Å²) in [6.07, 6.45) is 1.66. The fourth-order valence-electron chi connectivity index (χ4n) is 3.44. The summed E-state index contributed by atoms with van der Waals surface area (Å²) in [6, 6.07) is 20.1. The third kappa shape index (κ3) is 4.95. The van der Waals surface area contributed by atoms with Gasteiger partial charge in [0.15, 0.2) is 22.1 Å². The number of benzene rings is 2. The molecule has 0 spiro atoms. The van der Waals surface area contributed by atoms with E-state index in [0.717, 1.165) is 11.1 Å². The Morgan fingerprint density at radius 3 is 2.61 bits per heavy atom. The van der Waals surface area contributed by atoms with E-state index < -0.39 is 10.8 Å². The van der Waals surface area contributed by atoms with E-state index in [0.29, 0.717) is 35.0 Å². The Hall–Kier alpha value is -4.90. The fourth-order valence-corrected chi connectivity index (χ4v) is 3.60. The lowest BCUT2D eigenvalue weighted by Gasteiger charge is -2.09. The molecule has 3 heterocycles. The van der Waals surface area contributed by atoms with Gasteiger partial charge in [0.2, 0.25) is 5.89 Å². The summed E-state index contributed by atoms with van der Waals surface area (Å²) in [5.41, 5.74) is 3.32. The smallest absolute Gasteiger partial charge is 0.293 e. The van der Waals surface area contributed by atoms with Crippen molar-refractivity contribution < 1.29 is 18.6 Å². The molecule has 3 aromatic heterocycles. The Balaban J connectivity index is 1.17. The molecule has 0 aliphatic heterocycles. The number of oxazole rings is 1. The quantitative estimate of drug-likeness (QED) is 0.191. The normalized spacial score (nSPS) is 10.8. The van der Waals surface area contributed by atoms with E-state index in [1.165, 1.54) is 18.2 Å². The minimum Gasteiger partial charge on any atom is -0.451 e. The van der Waals surface area contributed by atoms with Crippen LogP contribution in [0.4, 0.5) is 5.69 Å². The van der Waals surface area contributed by atoms with Crippen molar-refractivity contribution in [3.8, 4) is 22.8 Å². The highest BCUT2D eigenvalue weighted by atomic mass is 32.1. The van der Waals surface area contributed by atoms with Gasteiger partial charge in [-0.1, -0.05) is 24.3 Å². The van der Waals surface area contributed by atoms with Crippen LogP contribution < -0.4 is 10.6 Å². The van der Waals surface area contributed by atoms with Crippen molar-refractivity contribution in [3.63, 3.8) is 0 Å². The van der Waals surface area contributed by atoms with Gasteiger partial charge in [0.1, 0.15) is 5.76 Å². The molecule has 0 aliphatic carbocycles. The number of thiocarbonyl (C=S) groups is 1. The Morgan fingerprint density at radius 2 is 1.83 bits per heavy atom. The highest BCUT2D eigenvalue weighted by Crippen LogP contribution is 2.26. The maximum atomic E-state index is 12.5. The number of fused-ring (bicyclic) bond motifs is 1. The van der Waals surface area contributed by atoms with Crippen molar-refractivity contribution in [2.45, 2.75) is 6.54 Å². The predicted octanol–water partition coefficient (Wildman–Crippen LogP) is 4.86. The SMILES string of the molecule is O=C(NC(=S)NCc1ccc(-c2nc3ncccc3o2)cc1)c1ccc(-c2cccc([N+](=O)[O-])c2)o1. The topological polar surface area (TPSA) is 136 Å². The van der Waals surface area contributed by atoms with Crippen molar-refractivity contribution >= 4 is 40.2 Å². The van der Waals surface area contributed by atoms with E-state index in [4.69, 9.17) is 21.1 Å². The number of rotatable bonds is 6. The lowest BCUT2D eigenvalue weighted by atomic mass is 10.1. The van der Waals surface area contributed by atoms with Crippen LogP contribution in [0.3, 0.4) is 0 Å². The van der Waals surface area contributed by atoms with E-state index in [2.05, 4.69) is 20.6 Å². The second kappa shape index (κ2) is 9.76. The minimum atomic E-state index is -0.538. The van der Waals surface area contributed by atoms with Crippen LogP contribution in [0.25, 0.3) is 34.0 Å². The summed E-state index contributed by atoms with van der Waals surface area (Å²) in [5, 5.41) is 16.6. The standard InChI is InChI=1S/C25H17N5O5S/c31-23(21-11-10-19(34-21)17-3-1-4-18(13-17)30(32)33)29-25(36)27-14-15-6-8-16(9-7-15)24-28-22-20(35-24)5-2-12-26-22/h1-13H,14H2,(H2,27,29,31,36). The first kappa shape index (κ1) is 22.9. The number of furan rings is 1. The summed E-state index contributed by atoms with van der Waals surface area (Å²) in [6.45, 7) is 0.381. The number of carbonyl (C=O) groups is 1. The summed E-state index contributed by atoms with van der Waals surface area (Å²) < 4.78 is 11.3. The van der Waals surface area contributed by atoms with Crippen molar-refractivity contribution in [2.75, 3.05) is 0 Å². The molecule has 0 saturated heterocycles. The molecule has 2 N–H and O–H groups in total. The van der Waals surface area contributed by atoms with Gasteiger partial charge in [-0.05, 0) is 54.2 Å². The highest BCUT2D eigenvalue weighted by Gasteiger charge is 2.15. The monoisotopic (exact) mass is 499 g/mol.